The topological polar surface area (TPSA) is 232 Å². The van der Waals surface area contributed by atoms with Crippen LogP contribution in [0.1, 0.15) is 31.9 Å². The van der Waals surface area contributed by atoms with Gasteiger partial charge in [-0.1, -0.05) is 0 Å². The number of hydrogen-bond acceptors (Lipinski definition) is 11. The molecule has 0 unspecified atom stereocenters. The monoisotopic (exact) mass is 735 g/mol. The summed E-state index contributed by atoms with van der Waals surface area (Å²) in [7, 11) is 0. The van der Waals surface area contributed by atoms with Crippen LogP contribution in [-0.4, -0.2) is 62.2 Å². The molecule has 17 heteroatoms. The maximum atomic E-state index is 12.8. The summed E-state index contributed by atoms with van der Waals surface area (Å²) in [4.78, 5) is 56.2. The molecule has 3 amide bonds. The van der Waals surface area contributed by atoms with E-state index < -0.39 is 38.7 Å². The molecule has 4 rings (SSSR count). The minimum absolute atomic E-state index is 0.0594. The third kappa shape index (κ3) is 12.4. The van der Waals surface area contributed by atoms with Gasteiger partial charge in [0.05, 0.1) is 9.85 Å². The fourth-order valence-electron chi connectivity index (χ4n) is 4.36. The van der Waals surface area contributed by atoms with Gasteiger partial charge in [-0.3, -0.25) is 34.6 Å². The van der Waals surface area contributed by atoms with Gasteiger partial charge in [0.1, 0.15) is 30.5 Å². The molecule has 2 atom stereocenters. The third-order valence-electron chi connectivity index (χ3n) is 7.31. The summed E-state index contributed by atoms with van der Waals surface area (Å²) in [5, 5.41) is 49.9. The number of nitrogens with zero attached hydrogens (tertiary/aromatic N) is 2. The summed E-state index contributed by atoms with van der Waals surface area (Å²) >= 11 is 0. The van der Waals surface area contributed by atoms with Crippen molar-refractivity contribution >= 4 is 46.2 Å². The number of nitro groups is 2. The predicted octanol–water partition coefficient (Wildman–Crippen LogP) is 5.44. The van der Waals surface area contributed by atoms with E-state index in [0.717, 1.165) is 0 Å². The average molecular weight is 736 g/mol. The number of benzene rings is 4. The molecule has 0 saturated carbocycles. The Morgan fingerprint density at radius 1 is 0.660 bits per heavy atom. The van der Waals surface area contributed by atoms with E-state index in [1.165, 1.54) is 81.4 Å². The van der Waals surface area contributed by atoms with Gasteiger partial charge in [-0.25, -0.2) is 4.39 Å². The van der Waals surface area contributed by atoms with E-state index in [-0.39, 0.29) is 30.5 Å². The number of amides is 3. The fourth-order valence-corrected chi connectivity index (χ4v) is 4.36. The number of nitro benzene ring substituents is 2. The van der Waals surface area contributed by atoms with Gasteiger partial charge >= 0.3 is 0 Å². The lowest BCUT2D eigenvalue weighted by molar-refractivity contribution is -0.385. The largest absolute Gasteiger partial charge is 0.490 e. The molecule has 280 valence electrons. The molecule has 0 heterocycles. The van der Waals surface area contributed by atoms with Crippen molar-refractivity contribution in [3.8, 4) is 11.5 Å². The number of halogens is 1. The minimum atomic E-state index is -1.86. The highest BCUT2D eigenvalue weighted by Gasteiger charge is 2.33. The zero-order valence-electron chi connectivity index (χ0n) is 29.3. The van der Waals surface area contributed by atoms with Crippen LogP contribution in [-0.2, 0) is 14.4 Å². The van der Waals surface area contributed by atoms with Gasteiger partial charge in [0, 0.05) is 47.2 Å². The molecule has 0 spiro atoms. The highest BCUT2D eigenvalue weighted by Crippen LogP contribution is 2.24. The molecule has 16 nitrogen and oxygen atoms in total. The number of aryl methyl sites for hydroxylation is 2. The highest BCUT2D eigenvalue weighted by molar-refractivity contribution is 5.97. The first-order chi connectivity index (χ1) is 24.8. The van der Waals surface area contributed by atoms with Crippen LogP contribution in [0.4, 0.5) is 32.8 Å². The van der Waals surface area contributed by atoms with Crippen molar-refractivity contribution in [2.75, 3.05) is 29.2 Å². The standard InChI is InChI=1S/C19H21N3O6.C17H17FN2O5/c1-12-10-15(6-9-17(12)22(26)27)21-18(24)19(3,25)11-28-16-7-4-14(5-8-16)20-13(2)23;1-11-9-13(5-8-15(11)20(23)24)19-16(21)17(2,22)10-25-14-6-3-12(18)4-7-14/h4-10,25H,11H2,1-3H3,(H,20,23)(H,21,24);3-9,22H,10H2,1-2H3,(H,19,21)/t19-;17-/m00/s1. The number of rotatable bonds is 13. The summed E-state index contributed by atoms with van der Waals surface area (Å²) in [5.41, 5.74) is -1.82. The van der Waals surface area contributed by atoms with E-state index in [1.54, 1.807) is 38.1 Å². The number of carbonyl (C=O) groups is 3. The quantitative estimate of drug-likeness (QED) is 0.0857. The van der Waals surface area contributed by atoms with Gasteiger partial charge in [0.15, 0.2) is 11.2 Å². The number of anilines is 3. The molecule has 0 aliphatic carbocycles. The molecule has 0 aliphatic rings. The Morgan fingerprint density at radius 3 is 1.36 bits per heavy atom. The van der Waals surface area contributed by atoms with E-state index in [4.69, 9.17) is 9.47 Å². The normalized spacial score (nSPS) is 12.8. The summed E-state index contributed by atoms with van der Waals surface area (Å²) in [6.07, 6.45) is 0. The summed E-state index contributed by atoms with van der Waals surface area (Å²) in [5.74, 6) is -1.35. The lowest BCUT2D eigenvalue weighted by Gasteiger charge is -2.22. The highest BCUT2D eigenvalue weighted by atomic mass is 19.1. The molecule has 0 fully saturated rings. The van der Waals surface area contributed by atoms with Gasteiger partial charge in [-0.05, 0) is 100 Å². The van der Waals surface area contributed by atoms with Crippen LogP contribution in [0.2, 0.25) is 0 Å². The Bertz CT molecular complexity index is 1970. The van der Waals surface area contributed by atoms with Crippen molar-refractivity contribution in [1.29, 1.82) is 0 Å². The first-order valence-electron chi connectivity index (χ1n) is 15.7. The maximum absolute atomic E-state index is 12.8. The SMILES string of the molecule is CC(=O)Nc1ccc(OC[C@](C)(O)C(=O)Nc2ccc([N+](=O)[O-])c(C)c2)cc1.Cc1cc(NC(=O)[C@@](C)(O)COc2ccc(F)cc2)ccc1[N+](=O)[O-]. The van der Waals surface area contributed by atoms with Crippen LogP contribution in [0.5, 0.6) is 11.5 Å². The number of ether oxygens (including phenoxy) is 2. The van der Waals surface area contributed by atoms with Gasteiger partial charge in [-0.15, -0.1) is 0 Å². The van der Waals surface area contributed by atoms with E-state index in [2.05, 4.69) is 16.0 Å². The van der Waals surface area contributed by atoms with Crippen molar-refractivity contribution in [1.82, 2.24) is 0 Å². The molecule has 4 aromatic rings. The lowest BCUT2D eigenvalue weighted by atomic mass is 10.1. The van der Waals surface area contributed by atoms with Gasteiger partial charge in [0.2, 0.25) is 5.91 Å². The first kappa shape index (κ1) is 41.0. The Kier molecular flexibility index (Phi) is 13.6. The molecule has 0 aromatic heterocycles. The molecule has 0 radical (unpaired) electrons. The Morgan fingerprint density at radius 2 is 1.02 bits per heavy atom. The van der Waals surface area contributed by atoms with Crippen molar-refractivity contribution in [3.05, 3.63) is 122 Å². The van der Waals surface area contributed by atoms with Crippen LogP contribution in [0, 0.1) is 39.9 Å². The Hall–Kier alpha value is -6.46. The number of carbonyl (C=O) groups excluding carboxylic acids is 3. The molecule has 53 heavy (non-hydrogen) atoms. The van der Waals surface area contributed by atoms with Gasteiger partial charge < -0.3 is 35.6 Å². The van der Waals surface area contributed by atoms with Crippen molar-refractivity contribution in [3.63, 3.8) is 0 Å². The molecule has 0 aliphatic heterocycles. The van der Waals surface area contributed by atoms with E-state index >= 15 is 0 Å². The summed E-state index contributed by atoms with van der Waals surface area (Å²) in [6, 6.07) is 19.8. The smallest absolute Gasteiger partial charge is 0.272 e. The third-order valence-corrected chi connectivity index (χ3v) is 7.31. The second-order valence-electron chi connectivity index (χ2n) is 12.2. The first-order valence-corrected chi connectivity index (χ1v) is 15.7. The van der Waals surface area contributed by atoms with Crippen molar-refractivity contribution in [2.45, 2.75) is 45.8 Å². The molecule has 0 bridgehead atoms. The van der Waals surface area contributed by atoms with E-state index in [1.807, 2.05) is 0 Å². The van der Waals surface area contributed by atoms with Crippen molar-refractivity contribution in [2.24, 2.45) is 0 Å². The van der Waals surface area contributed by atoms with Gasteiger partial charge in [-0.2, -0.15) is 0 Å². The molecule has 4 aromatic carbocycles. The van der Waals surface area contributed by atoms with Crippen LogP contribution in [0.3, 0.4) is 0 Å². The predicted molar refractivity (Wildman–Crippen MR) is 192 cm³/mol. The summed E-state index contributed by atoms with van der Waals surface area (Å²) in [6.45, 7) is 6.40. The van der Waals surface area contributed by atoms with E-state index in [9.17, 15) is 49.2 Å². The van der Waals surface area contributed by atoms with Gasteiger partial charge in [0.25, 0.3) is 23.2 Å². The number of nitrogens with one attached hydrogen (secondary N) is 3. The van der Waals surface area contributed by atoms with Crippen LogP contribution < -0.4 is 25.4 Å². The summed E-state index contributed by atoms with van der Waals surface area (Å²) < 4.78 is 23.6. The Balaban J connectivity index is 0.000000287. The second kappa shape index (κ2) is 17.7. The maximum Gasteiger partial charge on any atom is 0.272 e. The zero-order chi connectivity index (χ0) is 39.5. The Labute approximate surface area is 302 Å². The second-order valence-corrected chi connectivity index (χ2v) is 12.2. The molecular formula is C36H38FN5O11. The van der Waals surface area contributed by atoms with Crippen LogP contribution in [0.25, 0.3) is 0 Å². The molecule has 0 saturated heterocycles. The van der Waals surface area contributed by atoms with E-state index in [0.29, 0.717) is 39.7 Å². The van der Waals surface area contributed by atoms with Crippen molar-refractivity contribution < 1.29 is 48.3 Å². The fraction of sp³-hybridized carbons (Fsp3) is 0.250. The number of hydrogen-bond donors (Lipinski definition) is 5. The zero-order valence-corrected chi connectivity index (χ0v) is 29.3. The molecule has 5 N–H and O–H groups in total. The molecular weight excluding hydrogens is 697 g/mol. The van der Waals surface area contributed by atoms with Crippen LogP contribution >= 0.6 is 0 Å². The minimum Gasteiger partial charge on any atom is -0.490 e. The number of aliphatic hydroxyl groups is 2. The lowest BCUT2D eigenvalue weighted by Crippen LogP contribution is -2.45. The average Bonchev–Trinajstić information content (AvgIpc) is 3.07. The van der Waals surface area contributed by atoms with Crippen LogP contribution in [0.15, 0.2) is 84.9 Å².